The topological polar surface area (TPSA) is 12.0 Å². The van der Waals surface area contributed by atoms with E-state index in [9.17, 15) is 0 Å². The molecule has 1 unspecified atom stereocenters. The molecule has 0 spiro atoms. The van der Waals surface area contributed by atoms with Gasteiger partial charge in [-0.1, -0.05) is 48.5 Å². The van der Waals surface area contributed by atoms with Crippen molar-refractivity contribution in [3.8, 4) is 0 Å². The highest BCUT2D eigenvalue weighted by Crippen LogP contribution is 2.32. The van der Waals surface area contributed by atoms with E-state index >= 15 is 0 Å². The van der Waals surface area contributed by atoms with E-state index in [4.69, 9.17) is 0 Å². The Morgan fingerprint density at radius 3 is 2.62 bits per heavy atom. The lowest BCUT2D eigenvalue weighted by Gasteiger charge is -2.14. The Balaban J connectivity index is 2.10. The van der Waals surface area contributed by atoms with Gasteiger partial charge in [-0.3, -0.25) is 0 Å². The Morgan fingerprint density at radius 1 is 1.00 bits per heavy atom. The zero-order valence-corrected chi connectivity index (χ0v) is 9.40. The van der Waals surface area contributed by atoms with Gasteiger partial charge in [-0.2, -0.15) is 0 Å². The second kappa shape index (κ2) is 3.76. The van der Waals surface area contributed by atoms with E-state index in [1.807, 2.05) is 0 Å². The number of hydrogen-bond acceptors (Lipinski definition) is 1. The fourth-order valence-corrected chi connectivity index (χ4v) is 2.55. The van der Waals surface area contributed by atoms with Crippen molar-refractivity contribution in [3.05, 3.63) is 70.8 Å². The summed E-state index contributed by atoms with van der Waals surface area (Å²) in [6.07, 6.45) is 0. The van der Waals surface area contributed by atoms with Crippen molar-refractivity contribution in [2.45, 2.75) is 19.5 Å². The second-order valence-corrected chi connectivity index (χ2v) is 4.37. The fourth-order valence-electron chi connectivity index (χ4n) is 2.55. The Morgan fingerprint density at radius 2 is 1.81 bits per heavy atom. The molecule has 2 aromatic carbocycles. The van der Waals surface area contributed by atoms with E-state index in [1.165, 1.54) is 22.3 Å². The Kier molecular flexibility index (Phi) is 2.26. The number of aryl methyl sites for hydroxylation is 1. The van der Waals surface area contributed by atoms with Crippen molar-refractivity contribution >= 4 is 0 Å². The van der Waals surface area contributed by atoms with Gasteiger partial charge in [0, 0.05) is 6.54 Å². The van der Waals surface area contributed by atoms with E-state index in [0.717, 1.165) is 6.54 Å². The van der Waals surface area contributed by atoms with Gasteiger partial charge < -0.3 is 5.32 Å². The zero-order chi connectivity index (χ0) is 11.0. The van der Waals surface area contributed by atoms with Gasteiger partial charge in [-0.05, 0) is 29.2 Å². The lowest BCUT2D eigenvalue weighted by Crippen LogP contribution is -2.13. The third-order valence-electron chi connectivity index (χ3n) is 3.33. The first kappa shape index (κ1) is 9.61. The minimum absolute atomic E-state index is 0.373. The summed E-state index contributed by atoms with van der Waals surface area (Å²) in [7, 11) is 0. The van der Waals surface area contributed by atoms with E-state index in [1.54, 1.807) is 0 Å². The molecular weight excluding hydrogens is 194 g/mol. The Bertz CT molecular complexity index is 502. The molecule has 80 valence electrons. The van der Waals surface area contributed by atoms with E-state index in [-0.39, 0.29) is 0 Å². The molecule has 0 bridgehead atoms. The lowest BCUT2D eigenvalue weighted by atomic mass is 9.95. The van der Waals surface area contributed by atoms with Crippen LogP contribution in [0.15, 0.2) is 48.5 Å². The molecule has 2 aromatic rings. The van der Waals surface area contributed by atoms with Crippen molar-refractivity contribution in [3.63, 3.8) is 0 Å². The van der Waals surface area contributed by atoms with Crippen LogP contribution in [0.25, 0.3) is 0 Å². The first-order chi connectivity index (χ1) is 7.86. The summed E-state index contributed by atoms with van der Waals surface area (Å²) in [5.74, 6) is 0. The molecule has 1 heterocycles. The van der Waals surface area contributed by atoms with Crippen LogP contribution in [-0.4, -0.2) is 0 Å². The average Bonchev–Trinajstić information content (AvgIpc) is 2.75. The molecule has 1 aliphatic rings. The quantitative estimate of drug-likeness (QED) is 0.760. The average molecular weight is 209 g/mol. The van der Waals surface area contributed by atoms with Crippen LogP contribution in [0.4, 0.5) is 0 Å². The van der Waals surface area contributed by atoms with E-state index in [2.05, 4.69) is 60.8 Å². The molecule has 1 atom stereocenters. The summed E-state index contributed by atoms with van der Waals surface area (Å²) in [6, 6.07) is 17.6. The molecule has 3 rings (SSSR count). The lowest BCUT2D eigenvalue weighted by molar-refractivity contribution is 0.665. The van der Waals surface area contributed by atoms with Gasteiger partial charge in [-0.15, -0.1) is 0 Å². The monoisotopic (exact) mass is 209 g/mol. The van der Waals surface area contributed by atoms with E-state index < -0.39 is 0 Å². The van der Waals surface area contributed by atoms with Gasteiger partial charge in [-0.25, -0.2) is 0 Å². The molecule has 0 aliphatic carbocycles. The van der Waals surface area contributed by atoms with Crippen LogP contribution in [0.3, 0.4) is 0 Å². The first-order valence-electron chi connectivity index (χ1n) is 5.73. The number of benzene rings is 2. The summed E-state index contributed by atoms with van der Waals surface area (Å²) >= 11 is 0. The largest absolute Gasteiger partial charge is 0.302 e. The van der Waals surface area contributed by atoms with Gasteiger partial charge in [0.05, 0.1) is 6.04 Å². The van der Waals surface area contributed by atoms with Crippen LogP contribution >= 0.6 is 0 Å². The van der Waals surface area contributed by atoms with Gasteiger partial charge in [0.2, 0.25) is 0 Å². The predicted octanol–water partition coefficient (Wildman–Crippen LogP) is 3.19. The number of hydrogen-bond donors (Lipinski definition) is 1. The summed E-state index contributed by atoms with van der Waals surface area (Å²) in [5, 5.41) is 3.58. The summed E-state index contributed by atoms with van der Waals surface area (Å²) in [4.78, 5) is 0. The molecule has 0 saturated heterocycles. The van der Waals surface area contributed by atoms with Crippen molar-refractivity contribution < 1.29 is 0 Å². The second-order valence-electron chi connectivity index (χ2n) is 4.37. The molecule has 0 amide bonds. The summed E-state index contributed by atoms with van der Waals surface area (Å²) < 4.78 is 0. The Hall–Kier alpha value is -1.60. The molecule has 16 heavy (non-hydrogen) atoms. The van der Waals surface area contributed by atoms with Crippen LogP contribution in [0.2, 0.25) is 0 Å². The predicted molar refractivity (Wildman–Crippen MR) is 66.3 cm³/mol. The van der Waals surface area contributed by atoms with Crippen molar-refractivity contribution in [2.24, 2.45) is 0 Å². The summed E-state index contributed by atoms with van der Waals surface area (Å²) in [5.41, 5.74) is 5.65. The highest BCUT2D eigenvalue weighted by Gasteiger charge is 2.24. The minimum atomic E-state index is 0.373. The maximum absolute atomic E-state index is 3.58. The molecule has 1 heteroatoms. The molecule has 1 aliphatic heterocycles. The normalized spacial score (nSPS) is 18.4. The zero-order valence-electron chi connectivity index (χ0n) is 9.40. The molecular formula is C15H15N. The third kappa shape index (κ3) is 1.44. The third-order valence-corrected chi connectivity index (χ3v) is 3.33. The number of rotatable bonds is 1. The number of fused-ring (bicyclic) bond motifs is 1. The molecule has 1 N–H and O–H groups in total. The molecule has 0 radical (unpaired) electrons. The van der Waals surface area contributed by atoms with Gasteiger partial charge in [0.1, 0.15) is 0 Å². The first-order valence-corrected chi connectivity index (χ1v) is 5.73. The van der Waals surface area contributed by atoms with E-state index in [0.29, 0.717) is 6.04 Å². The van der Waals surface area contributed by atoms with Crippen molar-refractivity contribution in [1.82, 2.24) is 5.32 Å². The highest BCUT2D eigenvalue weighted by atomic mass is 14.9. The standard InChI is InChI=1S/C15H15N/c1-11-6-5-9-13-10-16-15(14(11)13)12-7-3-2-4-8-12/h2-9,15-16H,10H2,1H3. The molecule has 0 saturated carbocycles. The molecule has 0 fully saturated rings. The smallest absolute Gasteiger partial charge is 0.0585 e. The summed E-state index contributed by atoms with van der Waals surface area (Å²) in [6.45, 7) is 3.18. The molecule has 1 nitrogen and oxygen atoms in total. The minimum Gasteiger partial charge on any atom is -0.302 e. The maximum Gasteiger partial charge on any atom is 0.0585 e. The van der Waals surface area contributed by atoms with Gasteiger partial charge in [0.15, 0.2) is 0 Å². The van der Waals surface area contributed by atoms with Crippen molar-refractivity contribution in [2.75, 3.05) is 0 Å². The molecule has 0 aromatic heterocycles. The van der Waals surface area contributed by atoms with Gasteiger partial charge in [0.25, 0.3) is 0 Å². The number of nitrogens with one attached hydrogen (secondary N) is 1. The Labute approximate surface area is 96.1 Å². The fraction of sp³-hybridized carbons (Fsp3) is 0.200. The SMILES string of the molecule is Cc1cccc2c1C(c1ccccc1)NC2. The maximum atomic E-state index is 3.58. The van der Waals surface area contributed by atoms with Crippen molar-refractivity contribution in [1.29, 1.82) is 0 Å². The highest BCUT2D eigenvalue weighted by molar-refractivity contribution is 5.45. The van der Waals surface area contributed by atoms with Crippen LogP contribution in [0, 0.1) is 6.92 Å². The van der Waals surface area contributed by atoms with Crippen LogP contribution in [-0.2, 0) is 6.54 Å². The van der Waals surface area contributed by atoms with Crippen LogP contribution in [0.1, 0.15) is 28.3 Å². The van der Waals surface area contributed by atoms with Gasteiger partial charge >= 0.3 is 0 Å². The van der Waals surface area contributed by atoms with Crippen LogP contribution < -0.4 is 5.32 Å². The van der Waals surface area contributed by atoms with Crippen LogP contribution in [0.5, 0.6) is 0 Å².